The van der Waals surface area contributed by atoms with Gasteiger partial charge in [-0.1, -0.05) is 44.9 Å². The minimum Gasteiger partial charge on any atom is -0.460 e. The molecule has 0 unspecified atom stereocenters. The van der Waals surface area contributed by atoms with Crippen LogP contribution in [0.3, 0.4) is 0 Å². The molecular weight excluding hydrogens is 448 g/mol. The number of hydrogen-bond donors (Lipinski definition) is 1. The summed E-state index contributed by atoms with van der Waals surface area (Å²) in [6.45, 7) is 9.25. The quantitative estimate of drug-likeness (QED) is 0.368. The summed E-state index contributed by atoms with van der Waals surface area (Å²) in [6, 6.07) is 7.54. The molecule has 35 heavy (non-hydrogen) atoms. The summed E-state index contributed by atoms with van der Waals surface area (Å²) in [6.07, 6.45) is 3.61. The summed E-state index contributed by atoms with van der Waals surface area (Å²) in [7, 11) is 3.30. The van der Waals surface area contributed by atoms with Crippen LogP contribution in [-0.2, 0) is 23.9 Å². The lowest BCUT2D eigenvalue weighted by Gasteiger charge is -2.39. The van der Waals surface area contributed by atoms with E-state index in [2.05, 4.69) is 5.48 Å². The molecule has 196 valence electrons. The van der Waals surface area contributed by atoms with Crippen molar-refractivity contribution in [2.75, 3.05) is 14.2 Å². The lowest BCUT2D eigenvalue weighted by atomic mass is 9.89. The van der Waals surface area contributed by atoms with Gasteiger partial charge in [0.15, 0.2) is 0 Å². The van der Waals surface area contributed by atoms with Crippen LogP contribution < -0.4 is 5.48 Å². The van der Waals surface area contributed by atoms with E-state index < -0.39 is 23.7 Å². The van der Waals surface area contributed by atoms with Crippen molar-refractivity contribution in [3.8, 4) is 0 Å². The van der Waals surface area contributed by atoms with Crippen molar-refractivity contribution in [2.24, 2.45) is 11.8 Å². The van der Waals surface area contributed by atoms with Crippen LogP contribution >= 0.6 is 0 Å². The highest BCUT2D eigenvalue weighted by Crippen LogP contribution is 2.34. The summed E-state index contributed by atoms with van der Waals surface area (Å²) in [5, 5.41) is 0. The third-order valence-electron chi connectivity index (χ3n) is 6.37. The number of amides is 1. The molecular formula is C27H42N2O6. The van der Waals surface area contributed by atoms with Gasteiger partial charge in [0, 0.05) is 14.2 Å². The maximum absolute atomic E-state index is 13.7. The van der Waals surface area contributed by atoms with Crippen LogP contribution in [0.15, 0.2) is 30.3 Å². The SMILES string of the molecule is CO[C@H](CC(=O)OC(C)(C)C)[C@H](C1CCCC1)N(C)C(=O)[C@@H](NOC(=O)c1ccccc1)C(C)C. The number of carbonyl (C=O) groups excluding carboxylic acids is 3. The van der Waals surface area contributed by atoms with Crippen LogP contribution in [0.25, 0.3) is 0 Å². The van der Waals surface area contributed by atoms with E-state index in [0.717, 1.165) is 25.7 Å². The maximum Gasteiger partial charge on any atom is 0.356 e. The van der Waals surface area contributed by atoms with Crippen LogP contribution in [0.2, 0.25) is 0 Å². The minimum atomic E-state index is -0.754. The highest BCUT2D eigenvalue weighted by atomic mass is 16.7. The molecule has 2 rings (SSSR count). The number of carbonyl (C=O) groups is 3. The molecule has 1 saturated carbocycles. The van der Waals surface area contributed by atoms with Gasteiger partial charge in [-0.15, -0.1) is 5.48 Å². The number of methoxy groups -OCH3 is 1. The van der Waals surface area contributed by atoms with Gasteiger partial charge in [0.25, 0.3) is 0 Å². The number of nitrogens with zero attached hydrogens (tertiary/aromatic N) is 1. The molecule has 0 radical (unpaired) electrons. The molecule has 0 spiro atoms. The highest BCUT2D eigenvalue weighted by Gasteiger charge is 2.40. The number of rotatable bonds is 11. The van der Waals surface area contributed by atoms with Crippen molar-refractivity contribution in [3.63, 3.8) is 0 Å². The molecule has 0 heterocycles. The molecule has 0 bridgehead atoms. The lowest BCUT2D eigenvalue weighted by molar-refractivity contribution is -0.161. The monoisotopic (exact) mass is 490 g/mol. The van der Waals surface area contributed by atoms with E-state index in [9.17, 15) is 14.4 Å². The molecule has 1 aliphatic carbocycles. The highest BCUT2D eigenvalue weighted by molar-refractivity contribution is 5.89. The van der Waals surface area contributed by atoms with Gasteiger partial charge < -0.3 is 19.2 Å². The molecule has 1 aromatic carbocycles. The number of esters is 1. The zero-order chi connectivity index (χ0) is 26.2. The Hall–Kier alpha value is -2.45. The second-order valence-corrected chi connectivity index (χ2v) is 10.6. The number of nitrogens with one attached hydrogen (secondary N) is 1. The van der Waals surface area contributed by atoms with E-state index in [-0.39, 0.29) is 36.2 Å². The van der Waals surface area contributed by atoms with Crippen molar-refractivity contribution in [2.45, 2.75) is 90.5 Å². The minimum absolute atomic E-state index is 0.0509. The van der Waals surface area contributed by atoms with E-state index >= 15 is 0 Å². The molecule has 1 N–H and O–H groups in total. The molecule has 0 aliphatic heterocycles. The number of hydrogen-bond acceptors (Lipinski definition) is 7. The first-order valence-electron chi connectivity index (χ1n) is 12.5. The van der Waals surface area contributed by atoms with E-state index in [1.165, 1.54) is 0 Å². The third kappa shape index (κ3) is 8.61. The number of hydroxylamine groups is 1. The molecule has 1 amide bonds. The van der Waals surface area contributed by atoms with E-state index in [0.29, 0.717) is 5.56 Å². The predicted octanol–water partition coefficient (Wildman–Crippen LogP) is 4.14. The summed E-state index contributed by atoms with van der Waals surface area (Å²) in [4.78, 5) is 45.7. The van der Waals surface area contributed by atoms with Gasteiger partial charge in [0.2, 0.25) is 5.91 Å². The lowest BCUT2D eigenvalue weighted by Crippen LogP contribution is -2.56. The second-order valence-electron chi connectivity index (χ2n) is 10.6. The summed E-state index contributed by atoms with van der Waals surface area (Å²) in [5.74, 6) is -1.08. The van der Waals surface area contributed by atoms with Crippen molar-refractivity contribution in [3.05, 3.63) is 35.9 Å². The van der Waals surface area contributed by atoms with Crippen LogP contribution in [0.1, 0.15) is 77.1 Å². The fraction of sp³-hybridized carbons (Fsp3) is 0.667. The van der Waals surface area contributed by atoms with Gasteiger partial charge in [0.05, 0.1) is 24.1 Å². The average Bonchev–Trinajstić information content (AvgIpc) is 3.31. The van der Waals surface area contributed by atoms with Gasteiger partial charge in [0.1, 0.15) is 11.6 Å². The first-order valence-corrected chi connectivity index (χ1v) is 12.5. The Morgan fingerprint density at radius 3 is 2.20 bits per heavy atom. The Morgan fingerprint density at radius 1 is 1.09 bits per heavy atom. The van der Waals surface area contributed by atoms with Crippen LogP contribution in [0, 0.1) is 11.8 Å². The third-order valence-corrected chi connectivity index (χ3v) is 6.37. The fourth-order valence-electron chi connectivity index (χ4n) is 4.65. The van der Waals surface area contributed by atoms with Gasteiger partial charge >= 0.3 is 11.9 Å². The molecule has 1 fully saturated rings. The summed E-state index contributed by atoms with van der Waals surface area (Å²) < 4.78 is 11.3. The molecule has 1 aromatic rings. The Balaban J connectivity index is 2.18. The Morgan fingerprint density at radius 2 is 1.69 bits per heavy atom. The van der Waals surface area contributed by atoms with Crippen molar-refractivity contribution in [1.29, 1.82) is 0 Å². The fourth-order valence-corrected chi connectivity index (χ4v) is 4.65. The smallest absolute Gasteiger partial charge is 0.356 e. The molecule has 3 atom stereocenters. The number of likely N-dealkylation sites (N-methyl/N-ethyl adjacent to an activating group) is 1. The summed E-state index contributed by atoms with van der Waals surface area (Å²) in [5.41, 5.74) is 2.49. The Bertz CT molecular complexity index is 830. The van der Waals surface area contributed by atoms with E-state index in [4.69, 9.17) is 14.3 Å². The Kier molecular flexibility index (Phi) is 10.7. The molecule has 0 aromatic heterocycles. The van der Waals surface area contributed by atoms with E-state index in [1.807, 2.05) is 40.7 Å². The van der Waals surface area contributed by atoms with Crippen LogP contribution in [0.5, 0.6) is 0 Å². The van der Waals surface area contributed by atoms with Gasteiger partial charge in [-0.3, -0.25) is 9.59 Å². The molecule has 8 heteroatoms. The topological polar surface area (TPSA) is 94.2 Å². The molecule has 8 nitrogen and oxygen atoms in total. The van der Waals surface area contributed by atoms with Crippen LogP contribution in [0.4, 0.5) is 0 Å². The van der Waals surface area contributed by atoms with Crippen LogP contribution in [-0.4, -0.2) is 60.7 Å². The van der Waals surface area contributed by atoms with Gasteiger partial charge in [-0.25, -0.2) is 4.79 Å². The standard InChI is InChI=1S/C27H42N2O6/c1-18(2)23(28-35-26(32)20-15-9-8-10-16-20)25(31)29(6)24(19-13-11-12-14-19)21(33-7)17-22(30)34-27(3,4)5/h8-10,15-16,18-19,21,23-24,28H,11-14,17H2,1-7H3/t21-,23+,24+/m1/s1. The first-order chi connectivity index (χ1) is 16.4. The zero-order valence-electron chi connectivity index (χ0n) is 22.2. The molecule has 1 aliphatic rings. The largest absolute Gasteiger partial charge is 0.460 e. The summed E-state index contributed by atoms with van der Waals surface area (Å²) >= 11 is 0. The average molecular weight is 491 g/mol. The van der Waals surface area contributed by atoms with Crippen molar-refractivity contribution >= 4 is 17.8 Å². The molecule has 0 saturated heterocycles. The first kappa shape index (κ1) is 28.8. The normalized spacial score (nSPS) is 17.0. The predicted molar refractivity (Wildman–Crippen MR) is 133 cm³/mol. The Labute approximate surface area is 209 Å². The van der Waals surface area contributed by atoms with Crippen molar-refractivity contribution < 1.29 is 28.7 Å². The van der Waals surface area contributed by atoms with Gasteiger partial charge in [-0.2, -0.15) is 0 Å². The second kappa shape index (κ2) is 13.0. The van der Waals surface area contributed by atoms with Gasteiger partial charge in [-0.05, 0) is 57.6 Å². The maximum atomic E-state index is 13.7. The number of ether oxygens (including phenoxy) is 2. The van der Waals surface area contributed by atoms with Crippen molar-refractivity contribution in [1.82, 2.24) is 10.4 Å². The van der Waals surface area contributed by atoms with E-state index in [1.54, 1.807) is 43.3 Å². The zero-order valence-corrected chi connectivity index (χ0v) is 22.2. The number of benzene rings is 1.